The molecule has 0 spiro atoms. The quantitative estimate of drug-likeness (QED) is 0.931. The Morgan fingerprint density at radius 1 is 1.13 bits per heavy atom. The van der Waals surface area contributed by atoms with E-state index < -0.39 is 6.03 Å². The monoisotopic (exact) mass is 330 g/mol. The van der Waals surface area contributed by atoms with Crippen LogP contribution in [0.2, 0.25) is 0 Å². The molecule has 1 fully saturated rings. The van der Waals surface area contributed by atoms with Gasteiger partial charge >= 0.3 is 6.03 Å². The number of aromatic nitrogens is 2. The number of anilines is 2. The van der Waals surface area contributed by atoms with Crippen molar-refractivity contribution in [3.05, 3.63) is 36.5 Å². The van der Waals surface area contributed by atoms with Gasteiger partial charge in [0, 0.05) is 23.1 Å². The number of amides is 3. The number of nitrogens with zero attached hydrogens (tertiary/aromatic N) is 3. The highest BCUT2D eigenvalue weighted by Crippen LogP contribution is 2.29. The average molecular weight is 330 g/mol. The Kier molecular flexibility index (Phi) is 4.97. The van der Waals surface area contributed by atoms with Crippen LogP contribution in [-0.4, -0.2) is 21.5 Å². The fourth-order valence-corrected chi connectivity index (χ4v) is 3.33. The Labute approximate surface area is 138 Å². The summed E-state index contributed by atoms with van der Waals surface area (Å²) in [5.41, 5.74) is 0.649. The molecule has 0 unspecified atom stereocenters. The third-order valence-corrected chi connectivity index (χ3v) is 4.62. The summed E-state index contributed by atoms with van der Waals surface area (Å²) in [6.07, 6.45) is 6.34. The summed E-state index contributed by atoms with van der Waals surface area (Å²) in [5.74, 6) is -0.267. The highest BCUT2D eigenvalue weighted by atomic mass is 32.1. The fraction of sp³-hybridized carbons (Fsp3) is 0.375. The average Bonchev–Trinajstić information content (AvgIpc) is 3.11. The van der Waals surface area contributed by atoms with Crippen molar-refractivity contribution < 1.29 is 9.59 Å². The zero-order chi connectivity index (χ0) is 16.1. The summed E-state index contributed by atoms with van der Waals surface area (Å²) in [5, 5.41) is 6.98. The maximum Gasteiger partial charge on any atom is 0.333 e. The number of imide groups is 1. The molecule has 1 aromatic heterocycles. The zero-order valence-corrected chi connectivity index (χ0v) is 13.5. The predicted molar refractivity (Wildman–Crippen MR) is 89.4 cm³/mol. The smallest absolute Gasteiger partial charge is 0.307 e. The molecule has 3 rings (SSSR count). The third-order valence-electron chi connectivity index (χ3n) is 3.97. The minimum Gasteiger partial charge on any atom is -0.307 e. The second kappa shape index (κ2) is 7.32. The van der Waals surface area contributed by atoms with Gasteiger partial charge in [0.15, 0.2) is 0 Å². The Hall–Kier alpha value is -2.28. The van der Waals surface area contributed by atoms with E-state index in [0.717, 1.165) is 43.6 Å². The Morgan fingerprint density at radius 3 is 2.52 bits per heavy atom. The van der Waals surface area contributed by atoms with Crippen molar-refractivity contribution >= 4 is 34.2 Å². The van der Waals surface area contributed by atoms with Crippen LogP contribution in [-0.2, 0) is 4.79 Å². The van der Waals surface area contributed by atoms with Crippen LogP contribution in [0.5, 0.6) is 0 Å². The van der Waals surface area contributed by atoms with Gasteiger partial charge in [-0.1, -0.05) is 41.9 Å². The van der Waals surface area contributed by atoms with Crippen LogP contribution in [0.4, 0.5) is 15.5 Å². The van der Waals surface area contributed by atoms with Gasteiger partial charge in [-0.05, 0) is 25.0 Å². The highest BCUT2D eigenvalue weighted by Gasteiger charge is 2.32. The molecule has 6 nitrogen and oxygen atoms in total. The molecule has 1 aliphatic carbocycles. The van der Waals surface area contributed by atoms with E-state index in [-0.39, 0.29) is 11.8 Å². The number of nitrogens with one attached hydrogen (secondary N) is 1. The number of urea groups is 1. The van der Waals surface area contributed by atoms with E-state index in [1.54, 1.807) is 12.1 Å². The van der Waals surface area contributed by atoms with Crippen molar-refractivity contribution in [2.45, 2.75) is 32.1 Å². The molecule has 7 heteroatoms. The molecule has 1 aromatic carbocycles. The fourth-order valence-electron chi connectivity index (χ4n) is 2.80. The van der Waals surface area contributed by atoms with Gasteiger partial charge in [0.05, 0.1) is 6.20 Å². The van der Waals surface area contributed by atoms with Gasteiger partial charge in [-0.15, -0.1) is 5.10 Å². The first-order valence-electron chi connectivity index (χ1n) is 7.73. The molecular formula is C16H18N4O2S. The molecule has 23 heavy (non-hydrogen) atoms. The molecule has 120 valence electrons. The molecule has 0 atom stereocenters. The Morgan fingerprint density at radius 2 is 1.87 bits per heavy atom. The minimum absolute atomic E-state index is 0.104. The molecule has 0 saturated heterocycles. The van der Waals surface area contributed by atoms with Gasteiger partial charge in [0.1, 0.15) is 5.00 Å². The lowest BCUT2D eigenvalue weighted by Gasteiger charge is -2.26. The van der Waals surface area contributed by atoms with E-state index in [0.29, 0.717) is 10.7 Å². The van der Waals surface area contributed by atoms with E-state index in [4.69, 9.17) is 0 Å². The van der Waals surface area contributed by atoms with Crippen molar-refractivity contribution in [1.82, 2.24) is 9.59 Å². The van der Waals surface area contributed by atoms with E-state index in [1.807, 2.05) is 18.2 Å². The molecule has 0 aliphatic heterocycles. The normalized spacial score (nSPS) is 15.1. The van der Waals surface area contributed by atoms with Gasteiger partial charge in [-0.3, -0.25) is 4.79 Å². The van der Waals surface area contributed by atoms with Gasteiger partial charge in [-0.2, -0.15) is 0 Å². The maximum atomic E-state index is 12.8. The lowest BCUT2D eigenvalue weighted by molar-refractivity contribution is -0.122. The SMILES string of the molecule is O=C(Nc1ccccc1)N(C(=O)C1CCCCC1)c1cnns1. The molecular weight excluding hydrogens is 312 g/mol. The molecule has 3 amide bonds. The summed E-state index contributed by atoms with van der Waals surface area (Å²) in [4.78, 5) is 26.7. The number of hydrogen-bond acceptors (Lipinski definition) is 5. The van der Waals surface area contributed by atoms with Crippen molar-refractivity contribution in [3.63, 3.8) is 0 Å². The third kappa shape index (κ3) is 3.73. The number of carbonyl (C=O) groups excluding carboxylic acids is 2. The van der Waals surface area contributed by atoms with E-state index >= 15 is 0 Å². The van der Waals surface area contributed by atoms with Crippen LogP contribution in [0.25, 0.3) is 0 Å². The summed E-state index contributed by atoms with van der Waals surface area (Å²) in [7, 11) is 0. The molecule has 1 heterocycles. The second-order valence-electron chi connectivity index (χ2n) is 5.56. The molecule has 1 saturated carbocycles. The minimum atomic E-state index is -0.460. The van der Waals surface area contributed by atoms with E-state index in [9.17, 15) is 9.59 Å². The van der Waals surface area contributed by atoms with Crippen molar-refractivity contribution in [3.8, 4) is 0 Å². The number of carbonyl (C=O) groups is 2. The first-order chi connectivity index (χ1) is 11.3. The van der Waals surface area contributed by atoms with Gasteiger partial charge < -0.3 is 5.32 Å². The van der Waals surface area contributed by atoms with Crippen LogP contribution in [0.1, 0.15) is 32.1 Å². The first-order valence-corrected chi connectivity index (χ1v) is 8.50. The number of benzene rings is 1. The molecule has 1 aliphatic rings. The van der Waals surface area contributed by atoms with Crippen LogP contribution in [0.15, 0.2) is 36.5 Å². The topological polar surface area (TPSA) is 75.2 Å². The molecule has 0 bridgehead atoms. The summed E-state index contributed by atoms with van der Waals surface area (Å²) in [6.45, 7) is 0. The molecule has 0 radical (unpaired) electrons. The largest absolute Gasteiger partial charge is 0.333 e. The maximum absolute atomic E-state index is 12.8. The Bertz CT molecular complexity index is 654. The van der Waals surface area contributed by atoms with E-state index in [2.05, 4.69) is 14.9 Å². The van der Waals surface area contributed by atoms with Crippen LogP contribution in [0.3, 0.4) is 0 Å². The zero-order valence-electron chi connectivity index (χ0n) is 12.6. The summed E-state index contributed by atoms with van der Waals surface area (Å²) >= 11 is 1.05. The van der Waals surface area contributed by atoms with Crippen LogP contribution < -0.4 is 10.2 Å². The van der Waals surface area contributed by atoms with Gasteiger partial charge in [0.2, 0.25) is 5.91 Å². The highest BCUT2D eigenvalue weighted by molar-refractivity contribution is 7.10. The standard InChI is InChI=1S/C16H18N4O2S/c21-15(12-7-3-1-4-8-12)20(14-11-17-19-23-14)16(22)18-13-9-5-2-6-10-13/h2,5-6,9-12H,1,3-4,7-8H2,(H,18,22). The van der Waals surface area contributed by atoms with E-state index in [1.165, 1.54) is 11.1 Å². The predicted octanol–water partition coefficient (Wildman–Crippen LogP) is 3.68. The van der Waals surface area contributed by atoms with Crippen molar-refractivity contribution in [2.24, 2.45) is 5.92 Å². The van der Waals surface area contributed by atoms with Crippen molar-refractivity contribution in [2.75, 3.05) is 10.2 Å². The lowest BCUT2D eigenvalue weighted by Crippen LogP contribution is -2.43. The van der Waals surface area contributed by atoms with Gasteiger partial charge in [-0.25, -0.2) is 9.69 Å². The number of hydrogen-bond donors (Lipinski definition) is 1. The number of rotatable bonds is 3. The lowest BCUT2D eigenvalue weighted by atomic mass is 9.88. The van der Waals surface area contributed by atoms with Crippen LogP contribution >= 0.6 is 11.5 Å². The summed E-state index contributed by atoms with van der Waals surface area (Å²) < 4.78 is 3.78. The molecule has 1 N–H and O–H groups in total. The van der Waals surface area contributed by atoms with Gasteiger partial charge in [0.25, 0.3) is 0 Å². The molecule has 2 aromatic rings. The van der Waals surface area contributed by atoms with Crippen molar-refractivity contribution in [1.29, 1.82) is 0 Å². The Balaban J connectivity index is 1.80. The summed E-state index contributed by atoms with van der Waals surface area (Å²) in [6, 6.07) is 8.64. The number of para-hydroxylation sites is 1. The first kappa shape index (κ1) is 15.6. The second-order valence-corrected chi connectivity index (χ2v) is 6.32. The van der Waals surface area contributed by atoms with Crippen LogP contribution in [0, 0.1) is 5.92 Å².